The van der Waals surface area contributed by atoms with Crippen molar-refractivity contribution in [3.05, 3.63) is 75.7 Å². The fourth-order valence-corrected chi connectivity index (χ4v) is 3.45. The van der Waals surface area contributed by atoms with Crippen molar-refractivity contribution in [1.29, 1.82) is 0 Å². The van der Waals surface area contributed by atoms with Crippen LogP contribution in [0.25, 0.3) is 22.6 Å². The normalized spacial score (nSPS) is 11.5. The van der Waals surface area contributed by atoms with Crippen LogP contribution in [0.2, 0.25) is 5.02 Å². The van der Waals surface area contributed by atoms with Crippen molar-refractivity contribution in [2.75, 3.05) is 5.32 Å². The summed E-state index contributed by atoms with van der Waals surface area (Å²) in [6.45, 7) is 5.40. The monoisotopic (exact) mass is 498 g/mol. The van der Waals surface area contributed by atoms with E-state index < -0.39 is 5.60 Å². The quantitative estimate of drug-likeness (QED) is 0.320. The lowest BCUT2D eigenvalue weighted by Gasteiger charge is -2.25. The summed E-state index contributed by atoms with van der Waals surface area (Å²) < 4.78 is 12.7. The van der Waals surface area contributed by atoms with Crippen molar-refractivity contribution in [1.82, 2.24) is 4.98 Å². The lowest BCUT2D eigenvalue weighted by molar-refractivity contribution is -0.128. The van der Waals surface area contributed by atoms with Crippen LogP contribution in [0.3, 0.4) is 0 Å². The van der Waals surface area contributed by atoms with Crippen LogP contribution in [0, 0.1) is 6.92 Å². The molecule has 0 saturated carbocycles. The highest BCUT2D eigenvalue weighted by molar-refractivity contribution is 9.10. The first-order valence-electron chi connectivity index (χ1n) is 9.64. The van der Waals surface area contributed by atoms with E-state index in [4.69, 9.17) is 20.8 Å². The van der Waals surface area contributed by atoms with Gasteiger partial charge in [-0.05, 0) is 80.9 Å². The van der Waals surface area contributed by atoms with Gasteiger partial charge in [-0.1, -0.05) is 33.6 Å². The molecular formula is C24H20BrClN2O3. The number of carbonyl (C=O) groups excluding carboxylic acids is 1. The predicted molar refractivity (Wildman–Crippen MR) is 127 cm³/mol. The number of halogens is 2. The molecule has 0 aliphatic rings. The lowest BCUT2D eigenvalue weighted by atomic mass is 10.1. The van der Waals surface area contributed by atoms with E-state index in [1.165, 1.54) is 0 Å². The molecule has 1 amide bonds. The Morgan fingerprint density at radius 1 is 1.10 bits per heavy atom. The Hall–Kier alpha value is -2.83. The molecule has 158 valence electrons. The number of rotatable bonds is 5. The maximum absolute atomic E-state index is 12.9. The van der Waals surface area contributed by atoms with Gasteiger partial charge in [0.25, 0.3) is 5.91 Å². The highest BCUT2D eigenvalue weighted by Gasteiger charge is 2.30. The molecule has 0 aliphatic carbocycles. The Balaban J connectivity index is 1.57. The van der Waals surface area contributed by atoms with Gasteiger partial charge >= 0.3 is 0 Å². The summed E-state index contributed by atoms with van der Waals surface area (Å²) in [6.07, 6.45) is 0. The minimum absolute atomic E-state index is 0.331. The fourth-order valence-electron chi connectivity index (χ4n) is 3.03. The molecule has 0 saturated heterocycles. The third-order valence-electron chi connectivity index (χ3n) is 4.74. The summed E-state index contributed by atoms with van der Waals surface area (Å²) in [4.78, 5) is 17.5. The number of anilines is 1. The first kappa shape index (κ1) is 21.4. The second kappa shape index (κ2) is 8.36. The number of aryl methyl sites for hydroxylation is 1. The molecule has 1 aromatic heterocycles. The van der Waals surface area contributed by atoms with Gasteiger partial charge < -0.3 is 14.5 Å². The van der Waals surface area contributed by atoms with Crippen LogP contribution in [0.4, 0.5) is 5.69 Å². The molecule has 4 rings (SSSR count). The van der Waals surface area contributed by atoms with E-state index in [9.17, 15) is 4.79 Å². The molecule has 0 radical (unpaired) electrons. The van der Waals surface area contributed by atoms with E-state index in [0.717, 1.165) is 15.6 Å². The van der Waals surface area contributed by atoms with E-state index in [1.54, 1.807) is 44.2 Å². The smallest absolute Gasteiger partial charge is 0.268 e. The largest absolute Gasteiger partial charge is 0.478 e. The number of nitrogens with zero attached hydrogens (tertiary/aromatic N) is 1. The average molecular weight is 500 g/mol. The predicted octanol–water partition coefficient (Wildman–Crippen LogP) is 7.02. The Kier molecular flexibility index (Phi) is 5.77. The first-order chi connectivity index (χ1) is 14.7. The highest BCUT2D eigenvalue weighted by atomic mass is 79.9. The molecule has 0 unspecified atom stereocenters. The van der Waals surface area contributed by atoms with Crippen molar-refractivity contribution in [2.45, 2.75) is 26.4 Å². The van der Waals surface area contributed by atoms with Gasteiger partial charge in [0.15, 0.2) is 11.2 Å². The standard InChI is InChI=1S/C24H20BrClN2O3/c1-14-4-11-19-21(12-14)30-22(27-19)15-5-10-18(26)20(13-15)28-23(29)24(2,3)31-17-8-6-16(25)7-9-17/h4-13H,1-3H3,(H,28,29). The minimum Gasteiger partial charge on any atom is -0.478 e. The number of ether oxygens (including phenoxy) is 1. The maximum Gasteiger partial charge on any atom is 0.268 e. The molecule has 31 heavy (non-hydrogen) atoms. The number of amides is 1. The number of hydrogen-bond donors (Lipinski definition) is 1. The van der Waals surface area contributed by atoms with Crippen molar-refractivity contribution >= 4 is 50.2 Å². The molecule has 0 spiro atoms. The zero-order chi connectivity index (χ0) is 22.2. The molecule has 0 fully saturated rings. The van der Waals surface area contributed by atoms with Crippen molar-refractivity contribution in [3.63, 3.8) is 0 Å². The number of aromatic nitrogens is 1. The molecule has 0 bridgehead atoms. The Morgan fingerprint density at radius 2 is 1.84 bits per heavy atom. The summed E-state index contributed by atoms with van der Waals surface area (Å²) in [5.41, 5.74) is 2.61. The topological polar surface area (TPSA) is 64.4 Å². The average Bonchev–Trinajstić information content (AvgIpc) is 3.14. The zero-order valence-electron chi connectivity index (χ0n) is 17.2. The van der Waals surface area contributed by atoms with E-state index in [2.05, 4.69) is 26.2 Å². The lowest BCUT2D eigenvalue weighted by Crippen LogP contribution is -2.42. The van der Waals surface area contributed by atoms with Crippen LogP contribution in [-0.4, -0.2) is 16.5 Å². The highest BCUT2D eigenvalue weighted by Crippen LogP contribution is 2.31. The maximum atomic E-state index is 12.9. The number of carbonyl (C=O) groups is 1. The summed E-state index contributed by atoms with van der Waals surface area (Å²) in [5, 5.41) is 3.27. The molecule has 5 nitrogen and oxygen atoms in total. The van der Waals surface area contributed by atoms with E-state index in [-0.39, 0.29) is 5.91 Å². The minimum atomic E-state index is -1.12. The number of nitrogens with one attached hydrogen (secondary N) is 1. The van der Waals surface area contributed by atoms with Crippen LogP contribution >= 0.6 is 27.5 Å². The fraction of sp³-hybridized carbons (Fsp3) is 0.167. The third-order valence-corrected chi connectivity index (χ3v) is 5.60. The second-order valence-corrected chi connectivity index (χ2v) is 9.03. The number of hydrogen-bond acceptors (Lipinski definition) is 4. The second-order valence-electron chi connectivity index (χ2n) is 7.71. The van der Waals surface area contributed by atoms with Gasteiger partial charge in [0.2, 0.25) is 5.89 Å². The summed E-state index contributed by atoms with van der Waals surface area (Å²) >= 11 is 9.73. The van der Waals surface area contributed by atoms with E-state index >= 15 is 0 Å². The van der Waals surface area contributed by atoms with Crippen LogP contribution in [0.15, 0.2) is 69.6 Å². The molecule has 0 atom stereocenters. The van der Waals surface area contributed by atoms with Gasteiger partial charge in [0, 0.05) is 10.0 Å². The Morgan fingerprint density at radius 3 is 2.58 bits per heavy atom. The van der Waals surface area contributed by atoms with Crippen LogP contribution in [-0.2, 0) is 4.79 Å². The number of fused-ring (bicyclic) bond motifs is 1. The Bertz CT molecular complexity index is 1270. The van der Waals surface area contributed by atoms with E-state index in [1.807, 2.05) is 37.3 Å². The van der Waals surface area contributed by atoms with Crippen LogP contribution in [0.1, 0.15) is 19.4 Å². The van der Waals surface area contributed by atoms with Gasteiger partial charge in [-0.3, -0.25) is 4.79 Å². The number of oxazole rings is 1. The van der Waals surface area contributed by atoms with Crippen LogP contribution < -0.4 is 10.1 Å². The molecule has 3 aromatic carbocycles. The zero-order valence-corrected chi connectivity index (χ0v) is 19.5. The van der Waals surface area contributed by atoms with Gasteiger partial charge in [-0.25, -0.2) is 4.98 Å². The molecule has 7 heteroatoms. The SMILES string of the molecule is Cc1ccc2nc(-c3ccc(Cl)c(NC(=O)C(C)(C)Oc4ccc(Br)cc4)c3)oc2c1. The molecule has 1 N–H and O–H groups in total. The van der Waals surface area contributed by atoms with Crippen molar-refractivity contribution in [2.24, 2.45) is 0 Å². The summed E-state index contributed by atoms with van der Waals surface area (Å²) in [7, 11) is 0. The summed E-state index contributed by atoms with van der Waals surface area (Å²) in [5.74, 6) is 0.714. The van der Waals surface area contributed by atoms with Gasteiger partial charge in [0.05, 0.1) is 10.7 Å². The third kappa shape index (κ3) is 4.75. The molecule has 4 aromatic rings. The molecular weight excluding hydrogens is 480 g/mol. The first-order valence-corrected chi connectivity index (χ1v) is 10.8. The van der Waals surface area contributed by atoms with Gasteiger partial charge in [0.1, 0.15) is 11.3 Å². The number of benzene rings is 3. The van der Waals surface area contributed by atoms with Crippen LogP contribution in [0.5, 0.6) is 5.75 Å². The van der Waals surface area contributed by atoms with Gasteiger partial charge in [-0.15, -0.1) is 0 Å². The summed E-state index contributed by atoms with van der Waals surface area (Å²) in [6, 6.07) is 18.4. The Labute approximate surface area is 193 Å². The van der Waals surface area contributed by atoms with E-state index in [0.29, 0.717) is 33.5 Å². The van der Waals surface area contributed by atoms with Crippen molar-refractivity contribution in [3.8, 4) is 17.2 Å². The van der Waals surface area contributed by atoms with Crippen molar-refractivity contribution < 1.29 is 13.9 Å². The molecule has 1 heterocycles. The molecule has 0 aliphatic heterocycles. The van der Waals surface area contributed by atoms with Gasteiger partial charge in [-0.2, -0.15) is 0 Å².